The van der Waals surface area contributed by atoms with Crippen LogP contribution in [0.2, 0.25) is 0 Å². The van der Waals surface area contributed by atoms with Gasteiger partial charge in [0.25, 0.3) is 4.52 Å². The van der Waals surface area contributed by atoms with Crippen LogP contribution in [0.15, 0.2) is 24.5 Å². The average Bonchev–Trinajstić information content (AvgIpc) is 2.25. The first-order chi connectivity index (χ1) is 7.91. The summed E-state index contributed by atoms with van der Waals surface area (Å²) in [7, 11) is 3.51. The van der Waals surface area contributed by atoms with Crippen LogP contribution in [0.5, 0.6) is 0 Å². The van der Waals surface area contributed by atoms with Crippen molar-refractivity contribution in [2.24, 2.45) is 0 Å². The van der Waals surface area contributed by atoms with Crippen molar-refractivity contribution >= 4 is 29.2 Å². The minimum absolute atomic E-state index is 0.180. The molecule has 17 heavy (non-hydrogen) atoms. The van der Waals surface area contributed by atoms with Crippen LogP contribution in [0, 0.1) is 0 Å². The molecule has 0 bridgehead atoms. The largest absolute Gasteiger partial charge is 0.373 e. The number of nitrogens with zero attached hydrogens (tertiary/aromatic N) is 2. The molecule has 0 aliphatic heterocycles. The minimum Gasteiger partial charge on any atom is -0.304 e. The fourth-order valence-corrected chi connectivity index (χ4v) is 1.57. The highest BCUT2D eigenvalue weighted by atomic mass is 35.5. The van der Waals surface area contributed by atoms with Crippen LogP contribution >= 0.6 is 23.2 Å². The number of halogens is 2. The highest BCUT2D eigenvalue weighted by Crippen LogP contribution is 2.24. The second kappa shape index (κ2) is 6.16. The van der Waals surface area contributed by atoms with Crippen molar-refractivity contribution in [1.82, 2.24) is 9.88 Å². The monoisotopic (exact) mass is 278 g/mol. The lowest BCUT2D eigenvalue weighted by molar-refractivity contribution is -0.268. The standard InChI is InChI=1S/C10H12Cl2N2O3/c1-14(2)7-10(11,12)17-16-9(15)8-3-5-13-6-4-8/h3-6H,7H2,1-2H3. The molecule has 0 spiro atoms. The van der Waals surface area contributed by atoms with Crippen molar-refractivity contribution in [3.63, 3.8) is 0 Å². The van der Waals surface area contributed by atoms with Gasteiger partial charge in [0.15, 0.2) is 0 Å². The van der Waals surface area contributed by atoms with Gasteiger partial charge in [0.2, 0.25) is 0 Å². The van der Waals surface area contributed by atoms with Crippen molar-refractivity contribution in [3.8, 4) is 0 Å². The zero-order chi connectivity index (χ0) is 12.9. The van der Waals surface area contributed by atoms with E-state index in [1.807, 2.05) is 0 Å². The van der Waals surface area contributed by atoms with Gasteiger partial charge in [0.1, 0.15) is 0 Å². The zero-order valence-electron chi connectivity index (χ0n) is 9.39. The Hall–Kier alpha value is -0.880. The molecule has 0 unspecified atom stereocenters. The number of hydrogen-bond donors (Lipinski definition) is 0. The molecule has 0 aliphatic carbocycles. The Bertz CT molecular complexity index is 371. The number of pyridine rings is 1. The maximum absolute atomic E-state index is 11.5. The minimum atomic E-state index is -1.60. The van der Waals surface area contributed by atoms with Gasteiger partial charge in [-0.05, 0) is 26.2 Å². The highest BCUT2D eigenvalue weighted by Gasteiger charge is 2.29. The number of carbonyl (C=O) groups is 1. The molecule has 0 aromatic carbocycles. The summed E-state index contributed by atoms with van der Waals surface area (Å²) in [5.74, 6) is -0.683. The van der Waals surface area contributed by atoms with Gasteiger partial charge in [-0.1, -0.05) is 23.2 Å². The van der Waals surface area contributed by atoms with E-state index in [9.17, 15) is 4.79 Å². The Morgan fingerprint density at radius 1 is 1.41 bits per heavy atom. The van der Waals surface area contributed by atoms with Crippen molar-refractivity contribution in [2.75, 3.05) is 20.6 Å². The van der Waals surface area contributed by atoms with Crippen LogP contribution in [0.1, 0.15) is 10.4 Å². The Kier molecular flexibility index (Phi) is 5.14. The lowest BCUT2D eigenvalue weighted by Gasteiger charge is -2.21. The molecule has 1 heterocycles. The molecule has 0 N–H and O–H groups in total. The van der Waals surface area contributed by atoms with Crippen LogP contribution in [-0.4, -0.2) is 41.0 Å². The molecular weight excluding hydrogens is 267 g/mol. The van der Waals surface area contributed by atoms with Gasteiger partial charge in [0.05, 0.1) is 12.1 Å². The lowest BCUT2D eigenvalue weighted by atomic mass is 10.3. The second-order valence-corrected chi connectivity index (χ2v) is 4.98. The Balaban J connectivity index is 2.48. The smallest absolute Gasteiger partial charge is 0.304 e. The Morgan fingerprint density at radius 3 is 2.53 bits per heavy atom. The molecule has 0 saturated carbocycles. The van der Waals surface area contributed by atoms with Gasteiger partial charge < -0.3 is 4.90 Å². The van der Waals surface area contributed by atoms with E-state index in [1.54, 1.807) is 19.0 Å². The predicted molar refractivity (Wildman–Crippen MR) is 63.7 cm³/mol. The Morgan fingerprint density at radius 2 is 2.00 bits per heavy atom. The third-order valence-corrected chi connectivity index (χ3v) is 2.02. The van der Waals surface area contributed by atoms with E-state index in [1.165, 1.54) is 24.5 Å². The van der Waals surface area contributed by atoms with Crippen molar-refractivity contribution < 1.29 is 14.6 Å². The molecule has 0 fully saturated rings. The quantitative estimate of drug-likeness (QED) is 0.468. The van der Waals surface area contributed by atoms with E-state index in [0.717, 1.165) is 0 Å². The third-order valence-electron chi connectivity index (χ3n) is 1.66. The van der Waals surface area contributed by atoms with Gasteiger partial charge in [-0.3, -0.25) is 9.87 Å². The molecule has 0 aliphatic rings. The summed E-state index contributed by atoms with van der Waals surface area (Å²) < 4.78 is -1.60. The topological polar surface area (TPSA) is 51.7 Å². The normalized spacial score (nSPS) is 11.6. The summed E-state index contributed by atoms with van der Waals surface area (Å²) in [6.07, 6.45) is 2.93. The number of alkyl halides is 2. The molecule has 0 atom stereocenters. The van der Waals surface area contributed by atoms with E-state index < -0.39 is 10.5 Å². The van der Waals surface area contributed by atoms with Crippen molar-refractivity contribution in [2.45, 2.75) is 4.52 Å². The van der Waals surface area contributed by atoms with Gasteiger partial charge in [0, 0.05) is 12.4 Å². The third kappa shape index (κ3) is 5.32. The first kappa shape index (κ1) is 14.2. The van der Waals surface area contributed by atoms with Crippen LogP contribution in [0.4, 0.5) is 0 Å². The molecule has 0 radical (unpaired) electrons. The molecule has 0 amide bonds. The number of hydrogen-bond acceptors (Lipinski definition) is 5. The highest BCUT2D eigenvalue weighted by molar-refractivity contribution is 6.47. The van der Waals surface area contributed by atoms with Crippen LogP contribution in [0.25, 0.3) is 0 Å². The first-order valence-electron chi connectivity index (χ1n) is 4.73. The lowest BCUT2D eigenvalue weighted by Crippen LogP contribution is -2.33. The number of aromatic nitrogens is 1. The first-order valence-corrected chi connectivity index (χ1v) is 5.49. The van der Waals surface area contributed by atoms with E-state index in [0.29, 0.717) is 5.56 Å². The average molecular weight is 279 g/mol. The van der Waals surface area contributed by atoms with Gasteiger partial charge in [-0.15, -0.1) is 4.89 Å². The molecule has 1 rings (SSSR count). The summed E-state index contributed by atoms with van der Waals surface area (Å²) in [6.45, 7) is 0.180. The molecule has 1 aromatic heterocycles. The molecule has 94 valence electrons. The molecule has 1 aromatic rings. The fourth-order valence-electron chi connectivity index (χ4n) is 1.03. The maximum Gasteiger partial charge on any atom is 0.373 e. The SMILES string of the molecule is CN(C)CC(Cl)(Cl)OOC(=O)c1ccncc1. The Labute approximate surface area is 109 Å². The summed E-state index contributed by atoms with van der Waals surface area (Å²) in [5, 5.41) is 0. The summed E-state index contributed by atoms with van der Waals surface area (Å²) in [5.41, 5.74) is 0.300. The van der Waals surface area contributed by atoms with E-state index in [4.69, 9.17) is 23.2 Å². The van der Waals surface area contributed by atoms with E-state index >= 15 is 0 Å². The van der Waals surface area contributed by atoms with Crippen LogP contribution in [0.3, 0.4) is 0 Å². The van der Waals surface area contributed by atoms with Gasteiger partial charge in [-0.25, -0.2) is 4.79 Å². The zero-order valence-corrected chi connectivity index (χ0v) is 10.9. The summed E-state index contributed by atoms with van der Waals surface area (Å²) in [6, 6.07) is 2.98. The summed E-state index contributed by atoms with van der Waals surface area (Å²) >= 11 is 11.5. The number of likely N-dealkylation sites (N-methyl/N-ethyl adjacent to an activating group) is 1. The number of carbonyl (C=O) groups excluding carboxylic acids is 1. The molecular formula is C10H12Cl2N2O3. The molecule has 5 nitrogen and oxygen atoms in total. The van der Waals surface area contributed by atoms with Crippen molar-refractivity contribution in [3.05, 3.63) is 30.1 Å². The van der Waals surface area contributed by atoms with E-state index in [-0.39, 0.29) is 6.54 Å². The predicted octanol–water partition coefficient (Wildman–Crippen LogP) is 1.86. The van der Waals surface area contributed by atoms with Crippen molar-refractivity contribution in [1.29, 1.82) is 0 Å². The van der Waals surface area contributed by atoms with Crippen LogP contribution in [-0.2, 0) is 9.78 Å². The fraction of sp³-hybridized carbons (Fsp3) is 0.400. The van der Waals surface area contributed by atoms with E-state index in [2.05, 4.69) is 14.8 Å². The molecule has 7 heteroatoms. The number of rotatable bonds is 5. The van der Waals surface area contributed by atoms with Crippen LogP contribution < -0.4 is 0 Å². The molecule has 0 saturated heterocycles. The van der Waals surface area contributed by atoms with Gasteiger partial charge in [-0.2, -0.15) is 0 Å². The van der Waals surface area contributed by atoms with Gasteiger partial charge >= 0.3 is 5.97 Å². The maximum atomic E-state index is 11.5. The second-order valence-electron chi connectivity index (χ2n) is 3.57. The summed E-state index contributed by atoms with van der Waals surface area (Å²) in [4.78, 5) is 26.1.